The molecule has 0 aliphatic heterocycles. The maximum atomic E-state index is 12.4. The molecule has 0 amide bonds. The Bertz CT molecular complexity index is 839. The van der Waals surface area contributed by atoms with Gasteiger partial charge in [0.2, 0.25) is 0 Å². The van der Waals surface area contributed by atoms with Gasteiger partial charge in [-0.2, -0.15) is 0 Å². The Labute approximate surface area is 191 Å². The maximum absolute atomic E-state index is 12.4. The van der Waals surface area contributed by atoms with Crippen molar-refractivity contribution >= 4 is 11.9 Å². The summed E-state index contributed by atoms with van der Waals surface area (Å²) in [4.78, 5) is 23.3. The highest BCUT2D eigenvalue weighted by Gasteiger charge is 2.09. The van der Waals surface area contributed by atoms with Gasteiger partial charge in [-0.3, -0.25) is 0 Å². The van der Waals surface area contributed by atoms with Crippen molar-refractivity contribution in [2.24, 2.45) is 5.92 Å². The molecule has 1 unspecified atom stereocenters. The second kappa shape index (κ2) is 14.1. The Balaban J connectivity index is 1.67. The van der Waals surface area contributed by atoms with E-state index in [4.69, 9.17) is 14.2 Å². The van der Waals surface area contributed by atoms with Crippen LogP contribution in [0.4, 0.5) is 0 Å². The van der Waals surface area contributed by atoms with E-state index >= 15 is 0 Å². The van der Waals surface area contributed by atoms with Gasteiger partial charge in [-0.05, 0) is 80.0 Å². The average molecular weight is 439 g/mol. The first-order chi connectivity index (χ1) is 15.5. The summed E-state index contributed by atoms with van der Waals surface area (Å²) < 4.78 is 16.1. The highest BCUT2D eigenvalue weighted by Crippen LogP contribution is 2.19. The zero-order chi connectivity index (χ0) is 23.2. The summed E-state index contributed by atoms with van der Waals surface area (Å²) in [5.41, 5.74) is 1.73. The third-order valence-corrected chi connectivity index (χ3v) is 5.22. The van der Waals surface area contributed by atoms with E-state index in [1.807, 2.05) is 24.3 Å². The van der Waals surface area contributed by atoms with Gasteiger partial charge >= 0.3 is 11.9 Å². The van der Waals surface area contributed by atoms with Gasteiger partial charge < -0.3 is 14.2 Å². The number of hydrogen-bond acceptors (Lipinski definition) is 5. The summed E-state index contributed by atoms with van der Waals surface area (Å²) in [6, 6.07) is 14.7. The van der Waals surface area contributed by atoms with E-state index in [-0.39, 0.29) is 11.9 Å². The predicted octanol–water partition coefficient (Wildman–Crippen LogP) is 6.16. The van der Waals surface area contributed by atoms with E-state index in [1.165, 1.54) is 11.6 Å². The van der Waals surface area contributed by atoms with Gasteiger partial charge in [0.05, 0.1) is 18.8 Å². The van der Waals surface area contributed by atoms with Crippen LogP contribution in [-0.4, -0.2) is 25.2 Å². The zero-order valence-corrected chi connectivity index (χ0v) is 19.2. The van der Waals surface area contributed by atoms with E-state index in [0.29, 0.717) is 30.4 Å². The molecule has 0 saturated heterocycles. The number of carbonyl (C=O) groups is 2. The average Bonchev–Trinajstić information content (AvgIpc) is 2.82. The van der Waals surface area contributed by atoms with Crippen molar-refractivity contribution in [3.63, 3.8) is 0 Å². The number of rotatable bonds is 14. The fourth-order valence-electron chi connectivity index (χ4n) is 3.07. The fourth-order valence-corrected chi connectivity index (χ4v) is 3.07. The van der Waals surface area contributed by atoms with Crippen molar-refractivity contribution in [2.75, 3.05) is 13.2 Å². The van der Waals surface area contributed by atoms with Gasteiger partial charge in [-0.15, -0.1) is 0 Å². The van der Waals surface area contributed by atoms with Crippen molar-refractivity contribution in [1.82, 2.24) is 0 Å². The molecule has 0 aliphatic carbocycles. The second-order valence-electron chi connectivity index (χ2n) is 7.91. The van der Waals surface area contributed by atoms with E-state index in [1.54, 1.807) is 24.3 Å². The lowest BCUT2D eigenvalue weighted by Crippen LogP contribution is -2.08. The molecule has 2 rings (SSSR count). The van der Waals surface area contributed by atoms with Gasteiger partial charge in [-0.1, -0.05) is 39.0 Å². The molecule has 0 N–H and O–H groups in total. The summed E-state index contributed by atoms with van der Waals surface area (Å²) >= 11 is 0. The van der Waals surface area contributed by atoms with Gasteiger partial charge in [0.1, 0.15) is 11.5 Å². The van der Waals surface area contributed by atoms with Crippen LogP contribution in [0.25, 0.3) is 0 Å². The van der Waals surface area contributed by atoms with Crippen LogP contribution in [-0.2, 0) is 16.0 Å². The second-order valence-corrected chi connectivity index (χ2v) is 7.91. The molecule has 0 aliphatic rings. The third-order valence-electron chi connectivity index (χ3n) is 5.22. The van der Waals surface area contributed by atoms with Crippen LogP contribution in [0.2, 0.25) is 0 Å². The Morgan fingerprint density at radius 2 is 1.53 bits per heavy atom. The van der Waals surface area contributed by atoms with Crippen LogP contribution >= 0.6 is 0 Å². The maximum Gasteiger partial charge on any atom is 0.343 e. The summed E-state index contributed by atoms with van der Waals surface area (Å²) in [5, 5.41) is 0. The minimum absolute atomic E-state index is 0.379. The molecular formula is C27H34O5. The number of unbranched alkanes of at least 4 members (excludes halogenated alkanes) is 3. The summed E-state index contributed by atoms with van der Waals surface area (Å²) in [5.74, 6) is 1.13. The third kappa shape index (κ3) is 9.38. The van der Waals surface area contributed by atoms with Crippen LogP contribution in [0.5, 0.6) is 11.5 Å². The number of hydrogen-bond donors (Lipinski definition) is 0. The summed E-state index contributed by atoms with van der Waals surface area (Å²) in [6.45, 7) is 8.79. The van der Waals surface area contributed by atoms with Crippen LogP contribution < -0.4 is 9.47 Å². The topological polar surface area (TPSA) is 61.8 Å². The SMILES string of the molecule is C=CC(=O)OCCCCCCOc1ccc(C(=O)Oc2ccc(CC(C)CC)cc2)cc1. The quantitative estimate of drug-likeness (QED) is 0.153. The van der Waals surface area contributed by atoms with Crippen molar-refractivity contribution in [3.8, 4) is 11.5 Å². The smallest absolute Gasteiger partial charge is 0.343 e. The fraction of sp³-hybridized carbons (Fsp3) is 0.407. The first-order valence-electron chi connectivity index (χ1n) is 11.3. The minimum atomic E-state index is -0.386. The first kappa shape index (κ1) is 25.2. The zero-order valence-electron chi connectivity index (χ0n) is 19.2. The largest absolute Gasteiger partial charge is 0.494 e. The van der Waals surface area contributed by atoms with Crippen LogP contribution in [0.1, 0.15) is 61.9 Å². The summed E-state index contributed by atoms with van der Waals surface area (Å²) in [6.07, 6.45) is 7.04. The molecule has 0 radical (unpaired) electrons. The predicted molar refractivity (Wildman–Crippen MR) is 126 cm³/mol. The molecule has 5 nitrogen and oxygen atoms in total. The Morgan fingerprint density at radius 1 is 0.906 bits per heavy atom. The van der Waals surface area contributed by atoms with Crippen LogP contribution in [0.15, 0.2) is 61.2 Å². The lowest BCUT2D eigenvalue weighted by Gasteiger charge is -2.10. The van der Waals surface area contributed by atoms with Crippen molar-refractivity contribution in [3.05, 3.63) is 72.3 Å². The van der Waals surface area contributed by atoms with Gasteiger partial charge in [0.15, 0.2) is 0 Å². The Morgan fingerprint density at radius 3 is 2.16 bits per heavy atom. The van der Waals surface area contributed by atoms with E-state index in [9.17, 15) is 9.59 Å². The molecule has 0 aromatic heterocycles. The molecule has 0 heterocycles. The lowest BCUT2D eigenvalue weighted by atomic mass is 9.99. The molecule has 32 heavy (non-hydrogen) atoms. The molecule has 0 fully saturated rings. The van der Waals surface area contributed by atoms with Gasteiger partial charge in [0.25, 0.3) is 0 Å². The molecule has 1 atom stereocenters. The molecule has 0 bridgehead atoms. The minimum Gasteiger partial charge on any atom is -0.494 e. The lowest BCUT2D eigenvalue weighted by molar-refractivity contribution is -0.137. The number of benzene rings is 2. The molecule has 5 heteroatoms. The standard InChI is InChI=1S/C27H34O5/c1-4-21(3)20-22-10-14-25(15-11-22)32-27(29)23-12-16-24(17-13-23)30-18-8-6-7-9-19-31-26(28)5-2/h5,10-17,21H,2,4,6-9,18-20H2,1,3H3. The Kier molecular flexibility index (Phi) is 11.1. The highest BCUT2D eigenvalue weighted by molar-refractivity contribution is 5.91. The summed E-state index contributed by atoms with van der Waals surface area (Å²) in [7, 11) is 0. The van der Waals surface area contributed by atoms with Crippen molar-refractivity contribution in [1.29, 1.82) is 0 Å². The molecule has 0 saturated carbocycles. The molecule has 0 spiro atoms. The van der Waals surface area contributed by atoms with Crippen molar-refractivity contribution in [2.45, 2.75) is 52.4 Å². The van der Waals surface area contributed by atoms with Gasteiger partial charge in [-0.25, -0.2) is 9.59 Å². The highest BCUT2D eigenvalue weighted by atomic mass is 16.5. The molecule has 172 valence electrons. The van der Waals surface area contributed by atoms with Gasteiger partial charge in [0, 0.05) is 6.08 Å². The Hall–Kier alpha value is -3.08. The molecule has 2 aromatic carbocycles. The first-order valence-corrected chi connectivity index (χ1v) is 11.3. The molecule has 2 aromatic rings. The normalized spacial score (nSPS) is 11.4. The number of ether oxygens (including phenoxy) is 3. The monoisotopic (exact) mass is 438 g/mol. The van der Waals surface area contributed by atoms with Crippen LogP contribution in [0.3, 0.4) is 0 Å². The van der Waals surface area contributed by atoms with E-state index in [2.05, 4.69) is 20.4 Å². The van der Waals surface area contributed by atoms with Crippen molar-refractivity contribution < 1.29 is 23.8 Å². The van der Waals surface area contributed by atoms with E-state index < -0.39 is 0 Å². The van der Waals surface area contributed by atoms with Crippen LogP contribution in [0, 0.1) is 5.92 Å². The van der Waals surface area contributed by atoms with E-state index in [0.717, 1.165) is 44.3 Å². The molecular weight excluding hydrogens is 404 g/mol. The number of esters is 2. The number of carbonyl (C=O) groups excluding carboxylic acids is 2.